The Labute approximate surface area is 149 Å². The van der Waals surface area contributed by atoms with Crippen LogP contribution < -0.4 is 4.74 Å². The van der Waals surface area contributed by atoms with E-state index in [1.807, 2.05) is 27.7 Å². The molecule has 1 aromatic rings. The third-order valence-electron chi connectivity index (χ3n) is 5.70. The molecule has 1 aliphatic heterocycles. The molecular formula is C18H23F4NO3. The Balaban J connectivity index is 1.79. The Morgan fingerprint density at radius 1 is 1.19 bits per heavy atom. The first-order valence-corrected chi connectivity index (χ1v) is 8.58. The maximum atomic E-state index is 14.4. The summed E-state index contributed by atoms with van der Waals surface area (Å²) in [7, 11) is 0. The first-order chi connectivity index (χ1) is 11.9. The summed E-state index contributed by atoms with van der Waals surface area (Å²) >= 11 is 0. The van der Waals surface area contributed by atoms with Gasteiger partial charge in [0.15, 0.2) is 12.1 Å². The van der Waals surface area contributed by atoms with Crippen molar-refractivity contribution in [2.24, 2.45) is 5.41 Å². The summed E-state index contributed by atoms with van der Waals surface area (Å²) in [6.45, 7) is 8.20. The van der Waals surface area contributed by atoms with E-state index in [-0.39, 0.29) is 18.3 Å². The number of alkyl halides is 3. The van der Waals surface area contributed by atoms with E-state index in [0.29, 0.717) is 18.6 Å². The molecule has 3 rings (SSSR count). The van der Waals surface area contributed by atoms with Gasteiger partial charge < -0.3 is 14.2 Å². The third kappa shape index (κ3) is 3.17. The van der Waals surface area contributed by atoms with E-state index in [2.05, 4.69) is 4.98 Å². The number of rotatable bonds is 3. The van der Waals surface area contributed by atoms with Gasteiger partial charge in [0.1, 0.15) is 0 Å². The van der Waals surface area contributed by atoms with E-state index in [0.717, 1.165) is 6.07 Å². The number of hydrogen-bond acceptors (Lipinski definition) is 4. The van der Waals surface area contributed by atoms with Gasteiger partial charge in [0.05, 0.1) is 12.2 Å². The van der Waals surface area contributed by atoms with E-state index in [1.165, 1.54) is 6.20 Å². The zero-order valence-electron chi connectivity index (χ0n) is 15.2. The molecule has 4 nitrogen and oxygen atoms in total. The van der Waals surface area contributed by atoms with Crippen LogP contribution in [0.15, 0.2) is 12.3 Å². The summed E-state index contributed by atoms with van der Waals surface area (Å²) in [5.74, 6) is -1.62. The molecular weight excluding hydrogens is 354 g/mol. The van der Waals surface area contributed by atoms with Gasteiger partial charge in [-0.25, -0.2) is 9.37 Å². The fourth-order valence-corrected chi connectivity index (χ4v) is 2.85. The van der Waals surface area contributed by atoms with Crippen LogP contribution in [-0.2, 0) is 9.47 Å². The maximum Gasteiger partial charge on any atom is 0.428 e. The lowest BCUT2D eigenvalue weighted by Gasteiger charge is -2.48. The van der Waals surface area contributed by atoms with Crippen molar-refractivity contribution in [3.8, 4) is 5.88 Å². The minimum absolute atomic E-state index is 0.197. The second kappa shape index (κ2) is 6.05. The largest absolute Gasteiger partial charge is 0.459 e. The van der Waals surface area contributed by atoms with Gasteiger partial charge in [0, 0.05) is 17.2 Å². The van der Waals surface area contributed by atoms with E-state index < -0.39 is 35.4 Å². The predicted octanol–water partition coefficient (Wildman–Crippen LogP) is 4.93. The van der Waals surface area contributed by atoms with Crippen LogP contribution in [0.5, 0.6) is 5.88 Å². The molecule has 26 heavy (non-hydrogen) atoms. The van der Waals surface area contributed by atoms with Gasteiger partial charge in [-0.3, -0.25) is 0 Å². The Hall–Kier alpha value is -1.41. The third-order valence-corrected chi connectivity index (χ3v) is 5.70. The van der Waals surface area contributed by atoms with Crippen molar-refractivity contribution in [2.45, 2.75) is 70.6 Å². The topological polar surface area (TPSA) is 40.6 Å². The van der Waals surface area contributed by atoms with Crippen molar-refractivity contribution in [1.82, 2.24) is 4.98 Å². The summed E-state index contributed by atoms with van der Waals surface area (Å²) in [4.78, 5) is 3.76. The molecule has 2 aliphatic rings. The number of ether oxygens (including phenoxy) is 3. The van der Waals surface area contributed by atoms with Gasteiger partial charge in [-0.2, -0.15) is 13.2 Å². The zero-order chi connectivity index (χ0) is 19.4. The van der Waals surface area contributed by atoms with E-state index in [9.17, 15) is 17.6 Å². The van der Waals surface area contributed by atoms with Crippen molar-refractivity contribution in [3.63, 3.8) is 0 Å². The number of hydrogen-bond donors (Lipinski definition) is 0. The lowest BCUT2D eigenvalue weighted by atomic mass is 9.77. The van der Waals surface area contributed by atoms with E-state index >= 15 is 0 Å². The zero-order valence-corrected chi connectivity index (χ0v) is 15.2. The molecule has 1 unspecified atom stereocenters. The first-order valence-electron chi connectivity index (χ1n) is 8.58. The van der Waals surface area contributed by atoms with Crippen LogP contribution >= 0.6 is 0 Å². The van der Waals surface area contributed by atoms with Crippen molar-refractivity contribution >= 4 is 0 Å². The molecule has 1 atom stereocenters. The van der Waals surface area contributed by atoms with Gasteiger partial charge in [-0.05, 0) is 39.2 Å². The van der Waals surface area contributed by atoms with Crippen molar-refractivity contribution < 1.29 is 31.8 Å². The Morgan fingerprint density at radius 3 is 2.31 bits per heavy atom. The molecule has 0 spiro atoms. The molecule has 0 aromatic carbocycles. The number of pyridine rings is 1. The van der Waals surface area contributed by atoms with Crippen LogP contribution in [0.25, 0.3) is 0 Å². The quantitative estimate of drug-likeness (QED) is 0.700. The molecule has 0 amide bonds. The summed E-state index contributed by atoms with van der Waals surface area (Å²) < 4.78 is 70.4. The first kappa shape index (κ1) is 19.4. The van der Waals surface area contributed by atoms with Gasteiger partial charge in [-0.1, -0.05) is 13.8 Å². The van der Waals surface area contributed by atoms with E-state index in [1.54, 1.807) is 0 Å². The van der Waals surface area contributed by atoms with Crippen LogP contribution in [0.4, 0.5) is 17.6 Å². The monoisotopic (exact) mass is 377 g/mol. The van der Waals surface area contributed by atoms with Gasteiger partial charge in [-0.15, -0.1) is 0 Å². The minimum Gasteiger partial charge on any atom is -0.459 e. The molecule has 0 N–H and O–H groups in total. The Bertz CT molecular complexity index is 684. The maximum absolute atomic E-state index is 14.4. The number of halogens is 4. The summed E-state index contributed by atoms with van der Waals surface area (Å²) in [6.07, 6.45) is -4.18. The van der Waals surface area contributed by atoms with Gasteiger partial charge >= 0.3 is 6.18 Å². The Kier molecular flexibility index (Phi) is 4.51. The molecule has 0 radical (unpaired) electrons. The second-order valence-electron chi connectivity index (χ2n) is 8.16. The molecule has 1 saturated carbocycles. The van der Waals surface area contributed by atoms with Crippen LogP contribution in [0.3, 0.4) is 0 Å². The standard InChI is InChI=1S/C18H23F4NO3/c1-15(2)10-24-14(26-16(15,3)4)11-8-12(19)13(23-9-11)25-17(6-5-7-17)18(20,21)22/h8-9,14H,5-7,10H2,1-4H3. The highest BCUT2D eigenvalue weighted by molar-refractivity contribution is 5.23. The minimum atomic E-state index is -4.57. The van der Waals surface area contributed by atoms with E-state index in [4.69, 9.17) is 14.2 Å². The Morgan fingerprint density at radius 2 is 1.85 bits per heavy atom. The van der Waals surface area contributed by atoms with Crippen LogP contribution in [-0.4, -0.2) is 29.0 Å². The van der Waals surface area contributed by atoms with Gasteiger partial charge in [0.25, 0.3) is 5.88 Å². The highest BCUT2D eigenvalue weighted by Gasteiger charge is 2.61. The molecule has 146 valence electrons. The molecule has 1 saturated heterocycles. The molecule has 1 aromatic heterocycles. The highest BCUT2D eigenvalue weighted by Crippen LogP contribution is 2.48. The normalized spacial score (nSPS) is 26.8. The molecule has 8 heteroatoms. The fourth-order valence-electron chi connectivity index (χ4n) is 2.85. The average Bonchev–Trinajstić information content (AvgIpc) is 2.45. The molecule has 1 aliphatic carbocycles. The predicted molar refractivity (Wildman–Crippen MR) is 85.1 cm³/mol. The van der Waals surface area contributed by atoms with Crippen LogP contribution in [0.2, 0.25) is 0 Å². The molecule has 0 bridgehead atoms. The van der Waals surface area contributed by atoms with Crippen LogP contribution in [0, 0.1) is 11.2 Å². The lowest BCUT2D eigenvalue weighted by molar-refractivity contribution is -0.300. The van der Waals surface area contributed by atoms with Gasteiger partial charge in [0.2, 0.25) is 5.60 Å². The molecule has 2 heterocycles. The smallest absolute Gasteiger partial charge is 0.428 e. The second-order valence-corrected chi connectivity index (χ2v) is 8.16. The fraction of sp³-hybridized carbons (Fsp3) is 0.722. The summed E-state index contributed by atoms with van der Waals surface area (Å²) in [5.41, 5.74) is -2.82. The highest BCUT2D eigenvalue weighted by atomic mass is 19.4. The number of nitrogens with zero attached hydrogens (tertiary/aromatic N) is 1. The SMILES string of the molecule is CC1(C)COC(c2cnc(OC3(C(F)(F)F)CCC3)c(F)c2)OC1(C)C. The number of aromatic nitrogens is 1. The van der Waals surface area contributed by atoms with Crippen molar-refractivity contribution in [2.75, 3.05) is 6.61 Å². The van der Waals surface area contributed by atoms with Crippen LogP contribution in [0.1, 0.15) is 58.8 Å². The molecule has 2 fully saturated rings. The summed E-state index contributed by atoms with van der Waals surface area (Å²) in [6, 6.07) is 1.06. The van der Waals surface area contributed by atoms with Crippen molar-refractivity contribution in [1.29, 1.82) is 0 Å². The summed E-state index contributed by atoms with van der Waals surface area (Å²) in [5, 5.41) is 0. The van der Waals surface area contributed by atoms with Crippen molar-refractivity contribution in [3.05, 3.63) is 23.6 Å². The average molecular weight is 377 g/mol. The lowest BCUT2D eigenvalue weighted by Crippen LogP contribution is -2.55.